The van der Waals surface area contributed by atoms with E-state index < -0.39 is 0 Å². The molecule has 2 aromatic rings. The molecule has 0 spiro atoms. The average molecular weight is 289 g/mol. The minimum absolute atomic E-state index is 0.0112. The van der Waals surface area contributed by atoms with E-state index in [1.54, 1.807) is 6.20 Å². The second-order valence-corrected chi connectivity index (χ2v) is 6.64. The lowest BCUT2D eigenvalue weighted by atomic mass is 9.82. The summed E-state index contributed by atoms with van der Waals surface area (Å²) in [6.07, 6.45) is 3.75. The number of hydrogen-bond acceptors (Lipinski definition) is 2. The van der Waals surface area contributed by atoms with Gasteiger partial charge < -0.3 is 9.88 Å². The summed E-state index contributed by atoms with van der Waals surface area (Å²) in [5.74, 6) is 0.787. The molecule has 21 heavy (non-hydrogen) atoms. The van der Waals surface area contributed by atoms with Crippen molar-refractivity contribution in [3.63, 3.8) is 0 Å². The number of nitrogens with zero attached hydrogens (tertiary/aromatic N) is 2. The molecule has 114 valence electrons. The van der Waals surface area contributed by atoms with Crippen molar-refractivity contribution >= 4 is 0 Å². The van der Waals surface area contributed by atoms with Gasteiger partial charge in [-0.2, -0.15) is 0 Å². The van der Waals surface area contributed by atoms with Crippen LogP contribution >= 0.6 is 0 Å². The van der Waals surface area contributed by atoms with Crippen LogP contribution in [0.2, 0.25) is 0 Å². The van der Waals surface area contributed by atoms with Gasteiger partial charge in [-0.3, -0.25) is 0 Å². The Morgan fingerprint density at radius 3 is 2.29 bits per heavy atom. The van der Waals surface area contributed by atoms with Crippen molar-refractivity contribution in [1.82, 2.24) is 14.9 Å². The Labute approximate surface area is 126 Å². The fourth-order valence-corrected chi connectivity index (χ4v) is 2.62. The summed E-state index contributed by atoms with van der Waals surface area (Å²) in [7, 11) is 1.99. The third-order valence-electron chi connectivity index (χ3n) is 3.73. The number of nitrogens with one attached hydrogen (secondary N) is 1. The second kappa shape index (κ2) is 5.98. The molecule has 0 aliphatic rings. The molecule has 1 N–H and O–H groups in total. The van der Waals surface area contributed by atoms with Crippen molar-refractivity contribution in [1.29, 1.82) is 0 Å². The Hall–Kier alpha value is -1.68. The molecule has 0 aliphatic heterocycles. The summed E-state index contributed by atoms with van der Waals surface area (Å²) in [5, 5.41) is 3.63. The maximum Gasteiger partial charge on any atom is 0.125 e. The molecule has 4 heteroatoms. The molecular formula is C17H24FN3. The van der Waals surface area contributed by atoms with E-state index >= 15 is 0 Å². The number of benzene rings is 1. The summed E-state index contributed by atoms with van der Waals surface area (Å²) < 4.78 is 15.2. The Balaban J connectivity index is 2.26. The van der Waals surface area contributed by atoms with Crippen molar-refractivity contribution in [3.05, 3.63) is 53.9 Å². The van der Waals surface area contributed by atoms with Crippen LogP contribution in [0.15, 0.2) is 36.7 Å². The Morgan fingerprint density at radius 1 is 1.19 bits per heavy atom. The summed E-state index contributed by atoms with van der Waals surface area (Å²) in [5.41, 5.74) is 1.10. The normalized spacial score (nSPS) is 15.0. The summed E-state index contributed by atoms with van der Waals surface area (Å²) >= 11 is 0. The highest BCUT2D eigenvalue weighted by Crippen LogP contribution is 2.34. The van der Waals surface area contributed by atoms with Crippen LogP contribution in [-0.4, -0.2) is 9.55 Å². The first-order chi connectivity index (χ1) is 9.79. The van der Waals surface area contributed by atoms with Crippen molar-refractivity contribution in [3.8, 4) is 0 Å². The summed E-state index contributed by atoms with van der Waals surface area (Å²) in [4.78, 5) is 4.40. The van der Waals surface area contributed by atoms with Crippen LogP contribution in [0.5, 0.6) is 0 Å². The lowest BCUT2D eigenvalue weighted by molar-refractivity contribution is 0.250. The lowest BCUT2D eigenvalue weighted by Crippen LogP contribution is -2.35. The van der Waals surface area contributed by atoms with Crippen molar-refractivity contribution < 1.29 is 4.39 Å². The third kappa shape index (κ3) is 3.70. The average Bonchev–Trinajstić information content (AvgIpc) is 2.82. The molecule has 2 atom stereocenters. The maximum atomic E-state index is 13.2. The van der Waals surface area contributed by atoms with Crippen LogP contribution < -0.4 is 5.32 Å². The Morgan fingerprint density at radius 2 is 1.81 bits per heavy atom. The maximum absolute atomic E-state index is 13.2. The fourth-order valence-electron chi connectivity index (χ4n) is 2.62. The van der Waals surface area contributed by atoms with Crippen LogP contribution in [0, 0.1) is 11.2 Å². The first kappa shape index (κ1) is 15.7. The zero-order valence-corrected chi connectivity index (χ0v) is 13.4. The highest BCUT2D eigenvalue weighted by molar-refractivity contribution is 5.22. The topological polar surface area (TPSA) is 29.9 Å². The van der Waals surface area contributed by atoms with E-state index in [1.807, 2.05) is 29.9 Å². The first-order valence-electron chi connectivity index (χ1n) is 7.28. The molecule has 2 unspecified atom stereocenters. The number of aryl methyl sites for hydroxylation is 1. The number of imidazole rings is 1. The molecule has 0 saturated carbocycles. The van der Waals surface area contributed by atoms with Crippen LogP contribution in [-0.2, 0) is 7.05 Å². The van der Waals surface area contributed by atoms with Gasteiger partial charge in [0, 0.05) is 25.5 Å². The predicted molar refractivity (Wildman–Crippen MR) is 83.4 cm³/mol. The van der Waals surface area contributed by atoms with Crippen molar-refractivity contribution in [2.75, 3.05) is 0 Å². The molecule has 0 saturated heterocycles. The largest absolute Gasteiger partial charge is 0.337 e. The highest BCUT2D eigenvalue weighted by atomic mass is 19.1. The van der Waals surface area contributed by atoms with Gasteiger partial charge in [-0.05, 0) is 30.0 Å². The van der Waals surface area contributed by atoms with Gasteiger partial charge in [0.15, 0.2) is 0 Å². The third-order valence-corrected chi connectivity index (χ3v) is 3.73. The molecule has 3 nitrogen and oxygen atoms in total. The highest BCUT2D eigenvalue weighted by Gasteiger charge is 2.28. The molecule has 0 bridgehead atoms. The van der Waals surface area contributed by atoms with Crippen molar-refractivity contribution in [2.45, 2.75) is 39.8 Å². The standard InChI is InChI=1S/C17H24FN3/c1-12(16-19-10-11-21(16)5)20-15(17(2,3)4)13-6-8-14(18)9-7-13/h6-12,15,20H,1-5H3. The number of halogens is 1. The van der Waals surface area contributed by atoms with E-state index in [0.29, 0.717) is 0 Å². The number of hydrogen-bond donors (Lipinski definition) is 1. The van der Waals surface area contributed by atoms with E-state index in [4.69, 9.17) is 0 Å². The quantitative estimate of drug-likeness (QED) is 0.922. The predicted octanol–water partition coefficient (Wildman–Crippen LogP) is 4.00. The van der Waals surface area contributed by atoms with Gasteiger partial charge in [0.1, 0.15) is 11.6 Å². The molecule has 0 amide bonds. The van der Waals surface area contributed by atoms with Gasteiger partial charge in [0.25, 0.3) is 0 Å². The van der Waals surface area contributed by atoms with E-state index in [1.165, 1.54) is 12.1 Å². The zero-order valence-electron chi connectivity index (χ0n) is 13.4. The van der Waals surface area contributed by atoms with Crippen LogP contribution in [0.25, 0.3) is 0 Å². The van der Waals surface area contributed by atoms with Gasteiger partial charge in [-0.1, -0.05) is 32.9 Å². The molecule has 1 aromatic carbocycles. The van der Waals surface area contributed by atoms with Crippen LogP contribution in [0.3, 0.4) is 0 Å². The Kier molecular flexibility index (Phi) is 4.47. The lowest BCUT2D eigenvalue weighted by Gasteiger charge is -2.34. The van der Waals surface area contributed by atoms with E-state index in [-0.39, 0.29) is 23.3 Å². The van der Waals surface area contributed by atoms with Gasteiger partial charge in [-0.15, -0.1) is 0 Å². The van der Waals surface area contributed by atoms with Gasteiger partial charge in [-0.25, -0.2) is 9.37 Å². The smallest absolute Gasteiger partial charge is 0.125 e. The Bertz CT molecular complexity index is 581. The van der Waals surface area contributed by atoms with Crippen LogP contribution in [0.4, 0.5) is 4.39 Å². The van der Waals surface area contributed by atoms with E-state index in [9.17, 15) is 4.39 Å². The number of aromatic nitrogens is 2. The van der Waals surface area contributed by atoms with Crippen LogP contribution in [0.1, 0.15) is 51.2 Å². The second-order valence-electron chi connectivity index (χ2n) is 6.64. The minimum atomic E-state index is -0.205. The molecular weight excluding hydrogens is 265 g/mol. The summed E-state index contributed by atoms with van der Waals surface area (Å²) in [6.45, 7) is 8.64. The van der Waals surface area contributed by atoms with Gasteiger partial charge in [0.05, 0.1) is 6.04 Å². The fraction of sp³-hybridized carbons (Fsp3) is 0.471. The van der Waals surface area contributed by atoms with E-state index in [0.717, 1.165) is 11.4 Å². The number of rotatable bonds is 4. The molecule has 0 radical (unpaired) electrons. The monoisotopic (exact) mass is 289 g/mol. The summed E-state index contributed by atoms with van der Waals surface area (Å²) in [6, 6.07) is 6.96. The van der Waals surface area contributed by atoms with Gasteiger partial charge in [0.2, 0.25) is 0 Å². The molecule has 1 aromatic heterocycles. The zero-order chi connectivity index (χ0) is 15.6. The first-order valence-corrected chi connectivity index (χ1v) is 7.28. The van der Waals surface area contributed by atoms with Crippen molar-refractivity contribution in [2.24, 2.45) is 12.5 Å². The molecule has 0 fully saturated rings. The molecule has 2 rings (SSSR count). The molecule has 1 heterocycles. The van der Waals surface area contributed by atoms with E-state index in [2.05, 4.69) is 38.0 Å². The SMILES string of the molecule is CC(NC(c1ccc(F)cc1)C(C)(C)C)c1nccn1C. The molecule has 0 aliphatic carbocycles. The minimum Gasteiger partial charge on any atom is -0.337 e. The van der Waals surface area contributed by atoms with Gasteiger partial charge >= 0.3 is 0 Å².